The fourth-order valence-electron chi connectivity index (χ4n) is 2.23. The van der Waals surface area contributed by atoms with Gasteiger partial charge in [0.05, 0.1) is 13.2 Å². The summed E-state index contributed by atoms with van der Waals surface area (Å²) >= 11 is 0. The van der Waals surface area contributed by atoms with Crippen LogP contribution in [-0.2, 0) is 13.1 Å². The molecule has 118 valence electrons. The fraction of sp³-hybridized carbons (Fsp3) is 0.368. The Bertz CT molecular complexity index is 591. The standard InChI is InChI=1S/C19H25NO2/c1-14(2)22-18-10-9-17(11-19(18)21-4)13-20-12-16-7-5-15(3)6-8-16/h5-11,14,20H,12-13H2,1-4H3. The average Bonchev–Trinajstić information content (AvgIpc) is 2.50. The molecule has 3 nitrogen and oxygen atoms in total. The van der Waals surface area contributed by atoms with Crippen LogP contribution in [0.5, 0.6) is 11.5 Å². The van der Waals surface area contributed by atoms with Crippen LogP contribution >= 0.6 is 0 Å². The summed E-state index contributed by atoms with van der Waals surface area (Å²) in [6.07, 6.45) is 0.138. The van der Waals surface area contributed by atoms with Crippen molar-refractivity contribution in [2.24, 2.45) is 0 Å². The number of hydrogen-bond donors (Lipinski definition) is 1. The van der Waals surface area contributed by atoms with Gasteiger partial charge >= 0.3 is 0 Å². The average molecular weight is 299 g/mol. The summed E-state index contributed by atoms with van der Waals surface area (Å²) in [6, 6.07) is 14.7. The van der Waals surface area contributed by atoms with Gasteiger partial charge in [-0.05, 0) is 44.0 Å². The highest BCUT2D eigenvalue weighted by atomic mass is 16.5. The molecule has 0 aliphatic heterocycles. The summed E-state index contributed by atoms with van der Waals surface area (Å²) in [6.45, 7) is 7.77. The Morgan fingerprint density at radius 3 is 2.18 bits per heavy atom. The molecular formula is C19H25NO2. The predicted molar refractivity (Wildman–Crippen MR) is 90.5 cm³/mol. The van der Waals surface area contributed by atoms with E-state index in [9.17, 15) is 0 Å². The Morgan fingerprint density at radius 2 is 1.55 bits per heavy atom. The van der Waals surface area contributed by atoms with Crippen LogP contribution < -0.4 is 14.8 Å². The molecule has 0 bridgehead atoms. The molecule has 0 unspecified atom stereocenters. The molecule has 1 N–H and O–H groups in total. The smallest absolute Gasteiger partial charge is 0.161 e. The fourth-order valence-corrected chi connectivity index (χ4v) is 2.23. The van der Waals surface area contributed by atoms with Crippen molar-refractivity contribution in [2.75, 3.05) is 7.11 Å². The molecule has 0 heterocycles. The number of hydrogen-bond acceptors (Lipinski definition) is 3. The van der Waals surface area contributed by atoms with Gasteiger partial charge in [-0.15, -0.1) is 0 Å². The highest BCUT2D eigenvalue weighted by Gasteiger charge is 2.07. The monoisotopic (exact) mass is 299 g/mol. The number of rotatable bonds is 7. The molecule has 2 aromatic carbocycles. The van der Waals surface area contributed by atoms with Crippen LogP contribution in [0.25, 0.3) is 0 Å². The zero-order chi connectivity index (χ0) is 15.9. The van der Waals surface area contributed by atoms with Crippen LogP contribution in [0.2, 0.25) is 0 Å². The molecule has 0 amide bonds. The summed E-state index contributed by atoms with van der Waals surface area (Å²) in [5.74, 6) is 1.57. The third-order valence-electron chi connectivity index (χ3n) is 3.37. The maximum atomic E-state index is 5.73. The second kappa shape index (κ2) is 7.85. The number of ether oxygens (including phenoxy) is 2. The van der Waals surface area contributed by atoms with Crippen LogP contribution in [0, 0.1) is 6.92 Å². The minimum atomic E-state index is 0.138. The lowest BCUT2D eigenvalue weighted by atomic mass is 10.1. The van der Waals surface area contributed by atoms with Crippen molar-refractivity contribution in [1.29, 1.82) is 0 Å². The van der Waals surface area contributed by atoms with Crippen LogP contribution in [-0.4, -0.2) is 13.2 Å². The van der Waals surface area contributed by atoms with E-state index < -0.39 is 0 Å². The van der Waals surface area contributed by atoms with Crippen LogP contribution in [0.1, 0.15) is 30.5 Å². The highest BCUT2D eigenvalue weighted by molar-refractivity contribution is 5.43. The molecule has 2 rings (SSSR count). The lowest BCUT2D eigenvalue weighted by Crippen LogP contribution is -2.13. The van der Waals surface area contributed by atoms with Crippen molar-refractivity contribution >= 4 is 0 Å². The van der Waals surface area contributed by atoms with Gasteiger partial charge < -0.3 is 14.8 Å². The van der Waals surface area contributed by atoms with Gasteiger partial charge in [-0.3, -0.25) is 0 Å². The van der Waals surface area contributed by atoms with Gasteiger partial charge in [0.25, 0.3) is 0 Å². The van der Waals surface area contributed by atoms with Gasteiger partial charge in [-0.25, -0.2) is 0 Å². The SMILES string of the molecule is COc1cc(CNCc2ccc(C)cc2)ccc1OC(C)C. The van der Waals surface area contributed by atoms with Crippen molar-refractivity contribution in [1.82, 2.24) is 5.32 Å². The minimum Gasteiger partial charge on any atom is -0.493 e. The van der Waals surface area contributed by atoms with E-state index in [0.29, 0.717) is 0 Å². The normalized spacial score (nSPS) is 10.8. The van der Waals surface area contributed by atoms with E-state index in [4.69, 9.17) is 9.47 Å². The minimum absolute atomic E-state index is 0.138. The summed E-state index contributed by atoms with van der Waals surface area (Å²) in [4.78, 5) is 0. The largest absolute Gasteiger partial charge is 0.493 e. The zero-order valence-electron chi connectivity index (χ0n) is 13.8. The lowest BCUT2D eigenvalue weighted by Gasteiger charge is -2.14. The van der Waals surface area contributed by atoms with Gasteiger partial charge in [-0.1, -0.05) is 35.9 Å². The number of nitrogens with one attached hydrogen (secondary N) is 1. The van der Waals surface area contributed by atoms with E-state index >= 15 is 0 Å². The molecule has 0 radical (unpaired) electrons. The Morgan fingerprint density at radius 1 is 0.909 bits per heavy atom. The third-order valence-corrected chi connectivity index (χ3v) is 3.37. The molecule has 0 aliphatic carbocycles. The van der Waals surface area contributed by atoms with Crippen molar-refractivity contribution in [3.8, 4) is 11.5 Å². The van der Waals surface area contributed by atoms with Crippen LogP contribution in [0.4, 0.5) is 0 Å². The first kappa shape index (κ1) is 16.4. The summed E-state index contributed by atoms with van der Waals surface area (Å²) in [5, 5.41) is 3.45. The molecule has 2 aromatic rings. The maximum Gasteiger partial charge on any atom is 0.161 e. The molecule has 3 heteroatoms. The first-order valence-electron chi connectivity index (χ1n) is 7.68. The van der Waals surface area contributed by atoms with Crippen molar-refractivity contribution < 1.29 is 9.47 Å². The third kappa shape index (κ3) is 4.78. The van der Waals surface area contributed by atoms with Gasteiger partial charge in [-0.2, -0.15) is 0 Å². The molecule has 0 spiro atoms. The lowest BCUT2D eigenvalue weighted by molar-refractivity contribution is 0.230. The topological polar surface area (TPSA) is 30.5 Å². The van der Waals surface area contributed by atoms with Crippen molar-refractivity contribution in [3.63, 3.8) is 0 Å². The summed E-state index contributed by atoms with van der Waals surface area (Å²) < 4.78 is 11.1. The molecular weight excluding hydrogens is 274 g/mol. The molecule has 0 saturated heterocycles. The van der Waals surface area contributed by atoms with Gasteiger partial charge in [0.1, 0.15) is 0 Å². The van der Waals surface area contributed by atoms with E-state index in [2.05, 4.69) is 42.6 Å². The van der Waals surface area contributed by atoms with E-state index in [-0.39, 0.29) is 6.10 Å². The summed E-state index contributed by atoms with van der Waals surface area (Å²) in [7, 11) is 1.67. The van der Waals surface area contributed by atoms with Crippen molar-refractivity contribution in [2.45, 2.75) is 40.0 Å². The van der Waals surface area contributed by atoms with E-state index in [1.165, 1.54) is 16.7 Å². The molecule has 0 saturated carbocycles. The molecule has 0 aliphatic rings. The van der Waals surface area contributed by atoms with Gasteiger partial charge in [0, 0.05) is 13.1 Å². The zero-order valence-corrected chi connectivity index (χ0v) is 13.8. The Labute approximate surface area is 133 Å². The Balaban J connectivity index is 1.93. The molecule has 0 aromatic heterocycles. The van der Waals surface area contributed by atoms with E-state index in [1.807, 2.05) is 26.0 Å². The number of methoxy groups -OCH3 is 1. The molecule has 22 heavy (non-hydrogen) atoms. The highest BCUT2D eigenvalue weighted by Crippen LogP contribution is 2.28. The van der Waals surface area contributed by atoms with E-state index in [0.717, 1.165) is 24.6 Å². The molecule has 0 atom stereocenters. The first-order valence-corrected chi connectivity index (χ1v) is 7.68. The van der Waals surface area contributed by atoms with E-state index in [1.54, 1.807) is 7.11 Å². The van der Waals surface area contributed by atoms with Gasteiger partial charge in [0.15, 0.2) is 11.5 Å². The number of aryl methyl sites for hydroxylation is 1. The Kier molecular flexibility index (Phi) is 5.84. The van der Waals surface area contributed by atoms with Crippen molar-refractivity contribution in [3.05, 3.63) is 59.2 Å². The Hall–Kier alpha value is -2.00. The molecule has 0 fully saturated rings. The number of benzene rings is 2. The van der Waals surface area contributed by atoms with Gasteiger partial charge in [0.2, 0.25) is 0 Å². The second-order valence-electron chi connectivity index (χ2n) is 5.74. The van der Waals surface area contributed by atoms with Crippen LogP contribution in [0.15, 0.2) is 42.5 Å². The van der Waals surface area contributed by atoms with Crippen LogP contribution in [0.3, 0.4) is 0 Å². The first-order chi connectivity index (χ1) is 10.6. The predicted octanol–water partition coefficient (Wildman–Crippen LogP) is 4.08. The second-order valence-corrected chi connectivity index (χ2v) is 5.74. The quantitative estimate of drug-likeness (QED) is 0.835. The summed E-state index contributed by atoms with van der Waals surface area (Å²) in [5.41, 5.74) is 3.76. The maximum absolute atomic E-state index is 5.73.